The lowest BCUT2D eigenvalue weighted by Crippen LogP contribution is -2.51. The van der Waals surface area contributed by atoms with Gasteiger partial charge in [-0.3, -0.25) is 14.5 Å². The van der Waals surface area contributed by atoms with E-state index in [4.69, 9.17) is 0 Å². The molecule has 5 nitrogen and oxygen atoms in total. The van der Waals surface area contributed by atoms with Crippen molar-refractivity contribution in [1.29, 1.82) is 0 Å². The Bertz CT molecular complexity index is 779. The standard InChI is InChI=1S/C23H29N3O2/c1-18(2)24-22(27)17-25-12-14-26(15-13-25)23(28)16-19-8-10-21(11-9-19)20-6-4-3-5-7-20/h3-11,18H,12-17H2,1-2H3,(H,24,27). The van der Waals surface area contributed by atoms with Crippen LogP contribution in [0.4, 0.5) is 0 Å². The molecule has 5 heteroatoms. The van der Waals surface area contributed by atoms with Gasteiger partial charge in [0.25, 0.3) is 0 Å². The lowest BCUT2D eigenvalue weighted by Gasteiger charge is -2.34. The number of carbonyl (C=O) groups excluding carboxylic acids is 2. The maximum absolute atomic E-state index is 12.6. The lowest BCUT2D eigenvalue weighted by atomic mass is 10.0. The molecule has 0 spiro atoms. The highest BCUT2D eigenvalue weighted by Gasteiger charge is 2.22. The molecule has 2 aromatic carbocycles. The Hall–Kier alpha value is -2.66. The Morgan fingerprint density at radius 3 is 2.11 bits per heavy atom. The summed E-state index contributed by atoms with van der Waals surface area (Å²) < 4.78 is 0. The van der Waals surface area contributed by atoms with Crippen molar-refractivity contribution in [3.63, 3.8) is 0 Å². The van der Waals surface area contributed by atoms with Gasteiger partial charge < -0.3 is 10.2 Å². The molecule has 1 aliphatic rings. The molecular formula is C23H29N3O2. The first-order valence-electron chi connectivity index (χ1n) is 9.95. The van der Waals surface area contributed by atoms with E-state index >= 15 is 0 Å². The molecule has 2 aromatic rings. The van der Waals surface area contributed by atoms with E-state index in [0.29, 0.717) is 26.1 Å². The van der Waals surface area contributed by atoms with Gasteiger partial charge in [0.15, 0.2) is 0 Å². The largest absolute Gasteiger partial charge is 0.353 e. The molecule has 2 amide bonds. The van der Waals surface area contributed by atoms with E-state index in [-0.39, 0.29) is 17.9 Å². The van der Waals surface area contributed by atoms with Gasteiger partial charge in [-0.1, -0.05) is 54.6 Å². The quantitative estimate of drug-likeness (QED) is 0.839. The van der Waals surface area contributed by atoms with Crippen LogP contribution in [0.3, 0.4) is 0 Å². The maximum atomic E-state index is 12.6. The van der Waals surface area contributed by atoms with Crippen molar-refractivity contribution in [3.8, 4) is 11.1 Å². The minimum Gasteiger partial charge on any atom is -0.353 e. The maximum Gasteiger partial charge on any atom is 0.234 e. The highest BCUT2D eigenvalue weighted by atomic mass is 16.2. The number of hydrogen-bond donors (Lipinski definition) is 1. The number of hydrogen-bond acceptors (Lipinski definition) is 3. The highest BCUT2D eigenvalue weighted by molar-refractivity contribution is 5.80. The van der Waals surface area contributed by atoms with Crippen molar-refractivity contribution >= 4 is 11.8 Å². The predicted octanol–water partition coefficient (Wildman–Crippen LogP) is 2.56. The topological polar surface area (TPSA) is 52.7 Å². The molecule has 0 unspecified atom stereocenters. The Labute approximate surface area is 167 Å². The summed E-state index contributed by atoms with van der Waals surface area (Å²) in [6, 6.07) is 18.6. The van der Waals surface area contributed by atoms with Gasteiger partial charge in [0.2, 0.25) is 11.8 Å². The zero-order valence-electron chi connectivity index (χ0n) is 16.7. The second-order valence-electron chi connectivity index (χ2n) is 7.62. The smallest absolute Gasteiger partial charge is 0.234 e. The van der Waals surface area contributed by atoms with Gasteiger partial charge in [0.1, 0.15) is 0 Å². The van der Waals surface area contributed by atoms with E-state index < -0.39 is 0 Å². The number of amides is 2. The van der Waals surface area contributed by atoms with Gasteiger partial charge in [-0.25, -0.2) is 0 Å². The number of piperazine rings is 1. The molecule has 1 heterocycles. The Morgan fingerprint density at radius 1 is 0.893 bits per heavy atom. The van der Waals surface area contributed by atoms with Gasteiger partial charge in [-0.05, 0) is 30.5 Å². The molecule has 1 saturated heterocycles. The second-order valence-corrected chi connectivity index (χ2v) is 7.62. The predicted molar refractivity (Wildman–Crippen MR) is 112 cm³/mol. The first-order valence-corrected chi connectivity index (χ1v) is 9.95. The molecule has 0 aromatic heterocycles. The number of benzene rings is 2. The summed E-state index contributed by atoms with van der Waals surface area (Å²) in [5.41, 5.74) is 3.37. The summed E-state index contributed by atoms with van der Waals surface area (Å²) in [5.74, 6) is 0.201. The fraction of sp³-hybridized carbons (Fsp3) is 0.391. The third-order valence-electron chi connectivity index (χ3n) is 4.96. The van der Waals surface area contributed by atoms with Crippen LogP contribution in [0.1, 0.15) is 19.4 Å². The van der Waals surface area contributed by atoms with Crippen molar-refractivity contribution in [2.24, 2.45) is 0 Å². The first kappa shape index (κ1) is 20.1. The van der Waals surface area contributed by atoms with E-state index in [9.17, 15) is 9.59 Å². The van der Waals surface area contributed by atoms with Crippen molar-refractivity contribution in [2.45, 2.75) is 26.3 Å². The second kappa shape index (κ2) is 9.51. The van der Waals surface area contributed by atoms with Crippen LogP contribution in [0.5, 0.6) is 0 Å². The van der Waals surface area contributed by atoms with Gasteiger partial charge in [-0.2, -0.15) is 0 Å². The van der Waals surface area contributed by atoms with E-state index in [1.807, 2.05) is 49.1 Å². The molecule has 1 N–H and O–H groups in total. The molecule has 1 aliphatic heterocycles. The number of nitrogens with zero attached hydrogens (tertiary/aromatic N) is 2. The number of nitrogens with one attached hydrogen (secondary N) is 1. The normalized spacial score (nSPS) is 14.9. The Kier molecular flexibility index (Phi) is 6.82. The molecule has 0 saturated carbocycles. The summed E-state index contributed by atoms with van der Waals surface area (Å²) in [4.78, 5) is 28.5. The zero-order chi connectivity index (χ0) is 19.9. The third-order valence-corrected chi connectivity index (χ3v) is 4.96. The van der Waals surface area contributed by atoms with Crippen LogP contribution in [-0.2, 0) is 16.0 Å². The van der Waals surface area contributed by atoms with Crippen molar-refractivity contribution in [1.82, 2.24) is 15.1 Å². The Morgan fingerprint density at radius 2 is 1.50 bits per heavy atom. The van der Waals surface area contributed by atoms with Gasteiger partial charge in [0.05, 0.1) is 13.0 Å². The molecule has 0 atom stereocenters. The summed E-state index contributed by atoms with van der Waals surface area (Å²) in [6.07, 6.45) is 0.420. The average molecular weight is 380 g/mol. The van der Waals surface area contributed by atoms with E-state index in [0.717, 1.165) is 24.2 Å². The average Bonchev–Trinajstić information content (AvgIpc) is 2.69. The zero-order valence-corrected chi connectivity index (χ0v) is 16.7. The van der Waals surface area contributed by atoms with Crippen LogP contribution in [0.15, 0.2) is 54.6 Å². The monoisotopic (exact) mass is 379 g/mol. The summed E-state index contributed by atoms with van der Waals surface area (Å²) >= 11 is 0. The van der Waals surface area contributed by atoms with Crippen LogP contribution in [0.25, 0.3) is 11.1 Å². The van der Waals surface area contributed by atoms with Gasteiger partial charge >= 0.3 is 0 Å². The molecule has 28 heavy (non-hydrogen) atoms. The molecule has 0 bridgehead atoms. The fourth-order valence-corrected chi connectivity index (χ4v) is 3.46. The van der Waals surface area contributed by atoms with Gasteiger partial charge in [0, 0.05) is 32.2 Å². The summed E-state index contributed by atoms with van der Waals surface area (Å²) in [7, 11) is 0. The molecular weight excluding hydrogens is 350 g/mol. The lowest BCUT2D eigenvalue weighted by molar-refractivity contribution is -0.132. The minimum absolute atomic E-state index is 0.0493. The highest BCUT2D eigenvalue weighted by Crippen LogP contribution is 2.19. The first-order chi connectivity index (χ1) is 13.5. The molecule has 148 valence electrons. The fourth-order valence-electron chi connectivity index (χ4n) is 3.46. The Balaban J connectivity index is 1.47. The van der Waals surface area contributed by atoms with Crippen LogP contribution >= 0.6 is 0 Å². The van der Waals surface area contributed by atoms with Crippen LogP contribution in [0.2, 0.25) is 0 Å². The molecule has 0 radical (unpaired) electrons. The van der Waals surface area contributed by atoms with E-state index in [1.54, 1.807) is 0 Å². The van der Waals surface area contributed by atoms with E-state index in [2.05, 4.69) is 34.5 Å². The third kappa shape index (κ3) is 5.67. The van der Waals surface area contributed by atoms with Crippen LogP contribution in [-0.4, -0.2) is 60.4 Å². The van der Waals surface area contributed by atoms with Crippen LogP contribution < -0.4 is 5.32 Å². The van der Waals surface area contributed by atoms with Crippen LogP contribution in [0, 0.1) is 0 Å². The van der Waals surface area contributed by atoms with Crippen molar-refractivity contribution in [3.05, 3.63) is 60.2 Å². The summed E-state index contributed by atoms with van der Waals surface area (Å²) in [5, 5.41) is 2.91. The molecule has 0 aliphatic carbocycles. The number of rotatable bonds is 6. The SMILES string of the molecule is CC(C)NC(=O)CN1CCN(C(=O)Cc2ccc(-c3ccccc3)cc2)CC1. The van der Waals surface area contributed by atoms with Crippen molar-refractivity contribution in [2.75, 3.05) is 32.7 Å². The van der Waals surface area contributed by atoms with E-state index in [1.165, 1.54) is 5.56 Å². The molecule has 1 fully saturated rings. The van der Waals surface area contributed by atoms with Crippen molar-refractivity contribution < 1.29 is 9.59 Å². The van der Waals surface area contributed by atoms with Gasteiger partial charge in [-0.15, -0.1) is 0 Å². The summed E-state index contributed by atoms with van der Waals surface area (Å²) in [6.45, 7) is 7.16. The molecule has 3 rings (SSSR count). The number of carbonyl (C=O) groups is 2. The minimum atomic E-state index is 0.0493.